The Kier molecular flexibility index (Phi) is 6.61. The quantitative estimate of drug-likeness (QED) is 0.838. The second-order valence-corrected chi connectivity index (χ2v) is 4.15. The topological polar surface area (TPSA) is 61.5 Å². The zero-order valence-electron chi connectivity index (χ0n) is 9.53. The van der Waals surface area contributed by atoms with Crippen molar-refractivity contribution >= 4 is 34.3 Å². The Hall–Kier alpha value is -0.990. The number of esters is 1. The summed E-state index contributed by atoms with van der Waals surface area (Å²) in [5.41, 5.74) is 5.38. The van der Waals surface area contributed by atoms with Gasteiger partial charge < -0.3 is 15.2 Å². The molecule has 1 aromatic carbocycles. The number of carbonyl (C=O) groups is 1. The van der Waals surface area contributed by atoms with E-state index in [2.05, 4.69) is 25.4 Å². The lowest BCUT2D eigenvalue weighted by Crippen LogP contribution is -2.25. The average molecular weight is 365 g/mol. The predicted molar refractivity (Wildman–Crippen MR) is 67.0 cm³/mol. The number of benzene rings is 1. The van der Waals surface area contributed by atoms with Crippen molar-refractivity contribution < 1.29 is 27.4 Å². The largest absolute Gasteiger partial charge is 0.573 e. The molecule has 9 heteroatoms. The molecule has 0 aromatic heterocycles. The second kappa shape index (κ2) is 6.97. The SMILES string of the molecule is COC(=O)[C@@H](N)c1cc(Br)ccc1OC(F)(F)F.Cl. The smallest absolute Gasteiger partial charge is 0.468 e. The Morgan fingerprint density at radius 3 is 2.47 bits per heavy atom. The van der Waals surface area contributed by atoms with Gasteiger partial charge in [0, 0.05) is 10.0 Å². The monoisotopic (exact) mass is 363 g/mol. The Bertz CT molecular complexity index is 456. The molecule has 1 aromatic rings. The first kappa shape index (κ1) is 18.0. The highest BCUT2D eigenvalue weighted by Gasteiger charge is 2.33. The zero-order chi connectivity index (χ0) is 13.9. The number of nitrogens with two attached hydrogens (primary N) is 1. The van der Waals surface area contributed by atoms with Crippen molar-refractivity contribution in [3.05, 3.63) is 28.2 Å². The number of carbonyl (C=O) groups excluding carboxylic acids is 1. The number of halogens is 5. The van der Waals surface area contributed by atoms with E-state index >= 15 is 0 Å². The molecule has 0 saturated carbocycles. The summed E-state index contributed by atoms with van der Waals surface area (Å²) in [5.74, 6) is -1.40. The lowest BCUT2D eigenvalue weighted by molar-refractivity contribution is -0.275. The summed E-state index contributed by atoms with van der Waals surface area (Å²) in [5, 5.41) is 0. The standard InChI is InChI=1S/C10H9BrF3NO3.ClH/c1-17-9(16)8(15)6-4-5(11)2-3-7(6)18-10(12,13)14;/h2-4,8H,15H2,1H3;1H/t8-;/m0./s1. The highest BCUT2D eigenvalue weighted by molar-refractivity contribution is 9.10. The molecule has 4 nitrogen and oxygen atoms in total. The van der Waals surface area contributed by atoms with E-state index < -0.39 is 24.1 Å². The van der Waals surface area contributed by atoms with Gasteiger partial charge in [-0.15, -0.1) is 25.6 Å². The van der Waals surface area contributed by atoms with Crippen molar-refractivity contribution in [3.8, 4) is 5.75 Å². The molecule has 2 N–H and O–H groups in total. The second-order valence-electron chi connectivity index (χ2n) is 3.23. The van der Waals surface area contributed by atoms with Gasteiger partial charge in [0.1, 0.15) is 11.8 Å². The molecule has 108 valence electrons. The van der Waals surface area contributed by atoms with Crippen LogP contribution in [-0.4, -0.2) is 19.4 Å². The van der Waals surface area contributed by atoms with Crippen molar-refractivity contribution in [2.45, 2.75) is 12.4 Å². The molecule has 1 atom stereocenters. The summed E-state index contributed by atoms with van der Waals surface area (Å²) >= 11 is 3.07. The first-order chi connectivity index (χ1) is 8.24. The molecule has 0 radical (unpaired) electrons. The van der Waals surface area contributed by atoms with Crippen LogP contribution < -0.4 is 10.5 Å². The number of alkyl halides is 3. The number of ether oxygens (including phenoxy) is 2. The fraction of sp³-hybridized carbons (Fsp3) is 0.300. The minimum absolute atomic E-state index is 0. The summed E-state index contributed by atoms with van der Waals surface area (Å²) < 4.78 is 45.2. The van der Waals surface area contributed by atoms with Crippen LogP contribution in [0.15, 0.2) is 22.7 Å². The van der Waals surface area contributed by atoms with Crippen molar-refractivity contribution in [1.82, 2.24) is 0 Å². The molecule has 0 spiro atoms. The molecular formula is C10H10BrClF3NO3. The number of hydrogen-bond acceptors (Lipinski definition) is 4. The van der Waals surface area contributed by atoms with Gasteiger partial charge in [-0.05, 0) is 18.2 Å². The summed E-state index contributed by atoms with van der Waals surface area (Å²) in [6.07, 6.45) is -4.86. The van der Waals surface area contributed by atoms with E-state index in [0.29, 0.717) is 4.47 Å². The van der Waals surface area contributed by atoms with Crippen LogP contribution in [0.25, 0.3) is 0 Å². The highest BCUT2D eigenvalue weighted by atomic mass is 79.9. The lowest BCUT2D eigenvalue weighted by atomic mass is 10.1. The van der Waals surface area contributed by atoms with Gasteiger partial charge >= 0.3 is 12.3 Å². The molecular weight excluding hydrogens is 354 g/mol. The Morgan fingerprint density at radius 1 is 1.42 bits per heavy atom. The molecule has 0 aliphatic rings. The van der Waals surface area contributed by atoms with Crippen LogP contribution in [0.1, 0.15) is 11.6 Å². The summed E-state index contributed by atoms with van der Waals surface area (Å²) in [4.78, 5) is 11.2. The van der Waals surface area contributed by atoms with Gasteiger partial charge in [0.2, 0.25) is 0 Å². The average Bonchev–Trinajstić information content (AvgIpc) is 2.27. The maximum absolute atomic E-state index is 12.2. The highest BCUT2D eigenvalue weighted by Crippen LogP contribution is 2.32. The van der Waals surface area contributed by atoms with Crippen LogP contribution in [0.2, 0.25) is 0 Å². The molecule has 1 rings (SSSR count). The van der Waals surface area contributed by atoms with Crippen molar-refractivity contribution in [1.29, 1.82) is 0 Å². The van der Waals surface area contributed by atoms with Gasteiger partial charge in [-0.3, -0.25) is 4.79 Å². The third kappa shape index (κ3) is 5.25. The van der Waals surface area contributed by atoms with E-state index in [0.717, 1.165) is 13.2 Å². The molecule has 0 unspecified atom stereocenters. The first-order valence-electron chi connectivity index (χ1n) is 4.63. The van der Waals surface area contributed by atoms with E-state index in [-0.39, 0.29) is 18.0 Å². The van der Waals surface area contributed by atoms with Gasteiger partial charge in [0.15, 0.2) is 0 Å². The number of methoxy groups -OCH3 is 1. The molecule has 19 heavy (non-hydrogen) atoms. The maximum Gasteiger partial charge on any atom is 0.573 e. The van der Waals surface area contributed by atoms with Gasteiger partial charge in [-0.2, -0.15) is 0 Å². The third-order valence-corrected chi connectivity index (χ3v) is 2.48. The van der Waals surface area contributed by atoms with Gasteiger partial charge in [-0.25, -0.2) is 0 Å². The number of rotatable bonds is 3. The van der Waals surface area contributed by atoms with Gasteiger partial charge in [0.25, 0.3) is 0 Å². The van der Waals surface area contributed by atoms with Crippen LogP contribution >= 0.6 is 28.3 Å². The van der Waals surface area contributed by atoms with Crippen LogP contribution in [0.5, 0.6) is 5.75 Å². The Balaban J connectivity index is 0.00000324. The minimum Gasteiger partial charge on any atom is -0.468 e. The van der Waals surface area contributed by atoms with E-state index in [4.69, 9.17) is 5.73 Å². The molecule has 0 bridgehead atoms. The van der Waals surface area contributed by atoms with Gasteiger partial charge in [-0.1, -0.05) is 15.9 Å². The van der Waals surface area contributed by atoms with E-state index in [1.54, 1.807) is 0 Å². The maximum atomic E-state index is 12.2. The molecule has 0 heterocycles. The predicted octanol–water partition coefficient (Wildman–Crippen LogP) is 2.94. The summed E-state index contributed by atoms with van der Waals surface area (Å²) in [6.45, 7) is 0. The zero-order valence-corrected chi connectivity index (χ0v) is 11.9. The van der Waals surface area contributed by atoms with E-state index in [9.17, 15) is 18.0 Å². The fourth-order valence-corrected chi connectivity index (χ4v) is 1.61. The molecule has 0 saturated heterocycles. The Morgan fingerprint density at radius 2 is 2.00 bits per heavy atom. The third-order valence-electron chi connectivity index (χ3n) is 1.99. The van der Waals surface area contributed by atoms with Gasteiger partial charge in [0.05, 0.1) is 7.11 Å². The van der Waals surface area contributed by atoms with Crippen LogP contribution in [-0.2, 0) is 9.53 Å². The normalized spacial score (nSPS) is 12.3. The van der Waals surface area contributed by atoms with Crippen molar-refractivity contribution in [2.24, 2.45) is 5.73 Å². The molecule has 0 aliphatic carbocycles. The fourth-order valence-electron chi connectivity index (χ4n) is 1.23. The van der Waals surface area contributed by atoms with E-state index in [1.165, 1.54) is 12.1 Å². The number of hydrogen-bond donors (Lipinski definition) is 1. The Labute approximate surface area is 121 Å². The lowest BCUT2D eigenvalue weighted by Gasteiger charge is -2.16. The summed E-state index contributed by atoms with van der Waals surface area (Å²) in [7, 11) is 1.09. The minimum atomic E-state index is -4.86. The van der Waals surface area contributed by atoms with Crippen LogP contribution in [0.3, 0.4) is 0 Å². The first-order valence-corrected chi connectivity index (χ1v) is 5.42. The van der Waals surface area contributed by atoms with Crippen LogP contribution in [0.4, 0.5) is 13.2 Å². The van der Waals surface area contributed by atoms with Crippen molar-refractivity contribution in [2.75, 3.05) is 7.11 Å². The summed E-state index contributed by atoms with van der Waals surface area (Å²) in [6, 6.07) is 2.32. The molecule has 0 fully saturated rings. The molecule has 0 aliphatic heterocycles. The molecule has 0 amide bonds. The van der Waals surface area contributed by atoms with E-state index in [1.807, 2.05) is 0 Å². The van der Waals surface area contributed by atoms with Crippen LogP contribution in [0, 0.1) is 0 Å². The van der Waals surface area contributed by atoms with Crippen molar-refractivity contribution in [3.63, 3.8) is 0 Å².